The second-order valence-corrected chi connectivity index (χ2v) is 32.3. The summed E-state index contributed by atoms with van der Waals surface area (Å²) < 4.78 is 68.5. The number of rotatable bonds is 74. The van der Waals surface area contributed by atoms with E-state index in [1.54, 1.807) is 0 Å². The molecule has 3 unspecified atom stereocenters. The zero-order chi connectivity index (χ0) is 71.0. The lowest BCUT2D eigenvalue weighted by Gasteiger charge is -2.21. The number of aliphatic hydroxyl groups excluding tert-OH is 1. The molecule has 0 amide bonds. The van der Waals surface area contributed by atoms with E-state index in [1.165, 1.54) is 186 Å². The van der Waals surface area contributed by atoms with Crippen LogP contribution in [0.5, 0.6) is 0 Å². The van der Waals surface area contributed by atoms with Crippen molar-refractivity contribution >= 4 is 39.5 Å². The second kappa shape index (κ2) is 66.3. The van der Waals surface area contributed by atoms with Crippen LogP contribution in [0, 0.1) is 23.7 Å². The average Bonchev–Trinajstić information content (AvgIpc) is 1.94. The largest absolute Gasteiger partial charge is 0.472 e. The van der Waals surface area contributed by atoms with Crippen LogP contribution in [0.1, 0.15) is 389 Å². The topological polar surface area (TPSA) is 237 Å². The van der Waals surface area contributed by atoms with E-state index in [2.05, 4.69) is 55.4 Å². The highest BCUT2D eigenvalue weighted by atomic mass is 31.2. The molecule has 0 aromatic carbocycles. The molecule has 6 atom stereocenters. The minimum Gasteiger partial charge on any atom is -0.462 e. The fourth-order valence-corrected chi connectivity index (χ4v) is 13.3. The van der Waals surface area contributed by atoms with Gasteiger partial charge >= 0.3 is 39.5 Å². The molecule has 0 aliphatic heterocycles. The van der Waals surface area contributed by atoms with Crippen molar-refractivity contribution in [3.05, 3.63) is 0 Å². The van der Waals surface area contributed by atoms with Crippen LogP contribution >= 0.6 is 15.6 Å². The molecule has 0 rings (SSSR count). The van der Waals surface area contributed by atoms with Crippen molar-refractivity contribution < 1.29 is 80.2 Å². The van der Waals surface area contributed by atoms with Crippen LogP contribution in [-0.2, 0) is 65.4 Å². The van der Waals surface area contributed by atoms with Crippen molar-refractivity contribution in [3.8, 4) is 0 Å². The van der Waals surface area contributed by atoms with Crippen molar-refractivity contribution in [1.82, 2.24) is 0 Å². The van der Waals surface area contributed by atoms with Crippen LogP contribution in [0.25, 0.3) is 0 Å². The Hall–Kier alpha value is -1.94. The van der Waals surface area contributed by atoms with Crippen molar-refractivity contribution in [2.45, 2.75) is 408 Å². The Morgan fingerprint density at radius 3 is 0.740 bits per heavy atom. The zero-order valence-corrected chi connectivity index (χ0v) is 64.8. The quantitative estimate of drug-likeness (QED) is 0.0222. The molecule has 17 nitrogen and oxygen atoms in total. The summed E-state index contributed by atoms with van der Waals surface area (Å²) >= 11 is 0. The molecule has 0 spiro atoms. The fourth-order valence-electron chi connectivity index (χ4n) is 11.7. The van der Waals surface area contributed by atoms with Crippen LogP contribution in [0.4, 0.5) is 0 Å². The van der Waals surface area contributed by atoms with Crippen LogP contribution in [0.2, 0.25) is 0 Å². The molecular weight excluding hydrogens is 1260 g/mol. The lowest BCUT2D eigenvalue weighted by molar-refractivity contribution is -0.161. The number of esters is 4. The van der Waals surface area contributed by atoms with E-state index < -0.39 is 97.5 Å². The molecule has 0 saturated heterocycles. The fraction of sp³-hybridized carbons (Fsp3) is 0.948. The SMILES string of the molecule is CCC(C)CCCCCCCCC(=O)OC[C@H](COP(=O)(O)OC[C@H](O)COP(=O)(O)OC[C@@H](COC(=O)CCCCCCCCCCCCCCCCCCC(C)C)OC(=O)CCCCCCCCCCCCCCCCC(C)C)OC(=O)CCCCCCCCCC(C)C. The molecule has 0 heterocycles. The van der Waals surface area contributed by atoms with Gasteiger partial charge in [-0.25, -0.2) is 9.13 Å². The maximum absolute atomic E-state index is 13.1. The number of carbonyl (C=O) groups is 4. The first-order valence-corrected chi connectivity index (χ1v) is 42.7. The third-order valence-corrected chi connectivity index (χ3v) is 20.1. The highest BCUT2D eigenvalue weighted by molar-refractivity contribution is 7.47. The average molecular weight is 1410 g/mol. The summed E-state index contributed by atoms with van der Waals surface area (Å²) in [5.74, 6) is 0.911. The molecule has 0 aliphatic rings. The highest BCUT2D eigenvalue weighted by Gasteiger charge is 2.30. The summed E-state index contributed by atoms with van der Waals surface area (Å²) in [6, 6.07) is 0. The van der Waals surface area contributed by atoms with Gasteiger partial charge in [0.2, 0.25) is 0 Å². The molecule has 0 fully saturated rings. The monoisotopic (exact) mass is 1410 g/mol. The first-order chi connectivity index (χ1) is 46.1. The molecule has 96 heavy (non-hydrogen) atoms. The Bertz CT molecular complexity index is 1890. The van der Waals surface area contributed by atoms with E-state index in [-0.39, 0.29) is 25.7 Å². The molecule has 0 bridgehead atoms. The van der Waals surface area contributed by atoms with Crippen molar-refractivity contribution in [1.29, 1.82) is 0 Å². The van der Waals surface area contributed by atoms with Gasteiger partial charge in [-0.2, -0.15) is 0 Å². The molecule has 19 heteroatoms. The minimum atomic E-state index is -4.96. The van der Waals surface area contributed by atoms with Gasteiger partial charge in [-0.05, 0) is 49.4 Å². The number of phosphoric ester groups is 2. The number of carbonyl (C=O) groups excluding carboxylic acids is 4. The van der Waals surface area contributed by atoms with E-state index in [9.17, 15) is 43.2 Å². The number of aliphatic hydroxyl groups is 1. The number of unbranched alkanes of at least 4 members (excludes halogenated alkanes) is 39. The normalized spacial score (nSPS) is 14.4. The molecule has 0 aromatic rings. The molecule has 3 N–H and O–H groups in total. The van der Waals surface area contributed by atoms with E-state index in [0.717, 1.165) is 114 Å². The van der Waals surface area contributed by atoms with E-state index in [0.29, 0.717) is 31.6 Å². The van der Waals surface area contributed by atoms with E-state index in [4.69, 9.17) is 37.0 Å². The highest BCUT2D eigenvalue weighted by Crippen LogP contribution is 2.45. The maximum Gasteiger partial charge on any atom is 0.472 e. The van der Waals surface area contributed by atoms with Gasteiger partial charge in [-0.3, -0.25) is 37.3 Å². The molecule has 0 radical (unpaired) electrons. The molecule has 0 aliphatic carbocycles. The van der Waals surface area contributed by atoms with Gasteiger partial charge in [-0.15, -0.1) is 0 Å². The Morgan fingerprint density at radius 2 is 0.500 bits per heavy atom. The predicted octanol–water partition coefficient (Wildman–Crippen LogP) is 22.4. The second-order valence-electron chi connectivity index (χ2n) is 29.4. The van der Waals surface area contributed by atoms with Crippen LogP contribution in [0.15, 0.2) is 0 Å². The third-order valence-electron chi connectivity index (χ3n) is 18.2. The minimum absolute atomic E-state index is 0.102. The van der Waals surface area contributed by atoms with Gasteiger partial charge in [0.15, 0.2) is 12.2 Å². The molecular formula is C77H150O17P2. The van der Waals surface area contributed by atoms with Gasteiger partial charge in [0, 0.05) is 25.7 Å². The van der Waals surface area contributed by atoms with E-state index >= 15 is 0 Å². The molecule has 0 saturated carbocycles. The zero-order valence-electron chi connectivity index (χ0n) is 63.0. The Balaban J connectivity index is 5.22. The number of phosphoric acid groups is 2. The Morgan fingerprint density at radius 1 is 0.292 bits per heavy atom. The first-order valence-electron chi connectivity index (χ1n) is 39.7. The summed E-state index contributed by atoms with van der Waals surface area (Å²) in [6.07, 6.45) is 51.6. The lowest BCUT2D eigenvalue weighted by Crippen LogP contribution is -2.30. The number of hydrogen-bond acceptors (Lipinski definition) is 15. The first kappa shape index (κ1) is 94.1. The van der Waals surface area contributed by atoms with Gasteiger partial charge in [0.25, 0.3) is 0 Å². The smallest absolute Gasteiger partial charge is 0.462 e. The van der Waals surface area contributed by atoms with Gasteiger partial charge in [-0.1, -0.05) is 338 Å². The van der Waals surface area contributed by atoms with Crippen molar-refractivity contribution in [2.24, 2.45) is 23.7 Å². The number of ether oxygens (including phenoxy) is 4. The van der Waals surface area contributed by atoms with Crippen molar-refractivity contribution in [2.75, 3.05) is 39.6 Å². The Labute approximate surface area is 588 Å². The molecule has 0 aromatic heterocycles. The summed E-state index contributed by atoms with van der Waals surface area (Å²) in [5, 5.41) is 10.6. The summed E-state index contributed by atoms with van der Waals surface area (Å²) in [7, 11) is -9.91. The van der Waals surface area contributed by atoms with Crippen molar-refractivity contribution in [3.63, 3.8) is 0 Å². The van der Waals surface area contributed by atoms with E-state index in [1.807, 2.05) is 0 Å². The van der Waals surface area contributed by atoms with Gasteiger partial charge in [0.1, 0.15) is 19.3 Å². The van der Waals surface area contributed by atoms with Crippen LogP contribution < -0.4 is 0 Å². The Kier molecular flexibility index (Phi) is 65.0. The van der Waals surface area contributed by atoms with Crippen LogP contribution in [0.3, 0.4) is 0 Å². The van der Waals surface area contributed by atoms with Gasteiger partial charge < -0.3 is 33.8 Å². The third kappa shape index (κ3) is 69.2. The van der Waals surface area contributed by atoms with Crippen LogP contribution in [-0.4, -0.2) is 96.7 Å². The lowest BCUT2D eigenvalue weighted by atomic mass is 10.00. The molecule has 570 valence electrons. The van der Waals surface area contributed by atoms with Gasteiger partial charge in [0.05, 0.1) is 26.4 Å². The summed E-state index contributed by atoms with van der Waals surface area (Å²) in [6.45, 7) is 14.2. The number of hydrogen-bond donors (Lipinski definition) is 3. The maximum atomic E-state index is 13.1. The summed E-state index contributed by atoms with van der Waals surface area (Å²) in [5.41, 5.74) is 0. The predicted molar refractivity (Wildman–Crippen MR) is 391 cm³/mol. The standard InChI is InChI=1S/C77H150O17P2/c1-9-70(8)56-48-40-35-36-42-50-58-75(80)88-64-73(94-77(82)60-52-44-34-28-31-39-47-55-69(6)7)66-92-96(85,86)90-62-71(78)61-89-95(83,84)91-65-72(93-76(81)59-51-43-33-27-23-19-15-14-17-21-25-30-38-46-54-68(4)5)63-87-74(79)57-49-41-32-26-22-18-13-11-10-12-16-20-24-29-37-45-53-67(2)3/h67-73,78H,9-66H2,1-8H3,(H,83,84)(H,85,86)/t70?,71-,72-,73-/m1/s1. The summed E-state index contributed by atoms with van der Waals surface area (Å²) in [4.78, 5) is 72.8.